The number of aliphatic imine (C=N–C) groups is 1. The predicted octanol–water partition coefficient (Wildman–Crippen LogP) is 6.78. The lowest BCUT2D eigenvalue weighted by atomic mass is 9.74. The van der Waals surface area contributed by atoms with Crippen molar-refractivity contribution in [2.75, 3.05) is 30.2 Å². The van der Waals surface area contributed by atoms with E-state index in [1.54, 1.807) is 0 Å². The first-order valence-electron chi connectivity index (χ1n) is 12.8. The second-order valence-corrected chi connectivity index (χ2v) is 9.79. The molecule has 2 aromatic rings. The molecule has 2 aromatic carbocycles. The third-order valence-corrected chi connectivity index (χ3v) is 7.03. The number of hydrogen-bond acceptors (Lipinski definition) is 5. The van der Waals surface area contributed by atoms with Gasteiger partial charge in [-0.2, -0.15) is 26.3 Å². The summed E-state index contributed by atoms with van der Waals surface area (Å²) in [5.41, 5.74) is -2.63. The fourth-order valence-electron chi connectivity index (χ4n) is 5.24. The summed E-state index contributed by atoms with van der Waals surface area (Å²) < 4.78 is 79.5. The molecule has 0 aromatic heterocycles. The minimum atomic E-state index is -4.57. The summed E-state index contributed by atoms with van der Waals surface area (Å²) >= 11 is 0. The molecule has 216 valence electrons. The highest BCUT2D eigenvalue weighted by molar-refractivity contribution is 6.21. The van der Waals surface area contributed by atoms with Gasteiger partial charge < -0.3 is 10.2 Å². The SMILES string of the molecule is CCCC1(CCC)C(=O)N(CNc2cccc(C(F)(F)F)c2)C(=O)N2CN(c3cccc(C(F)(F)F)c3)CN=C21. The number of carbonyl (C=O) groups is 2. The zero-order valence-corrected chi connectivity index (χ0v) is 21.9. The molecule has 1 fully saturated rings. The number of urea groups is 1. The lowest BCUT2D eigenvalue weighted by Crippen LogP contribution is -2.68. The molecular weight excluding hydrogens is 540 g/mol. The molecule has 4 rings (SSSR count). The number of nitrogens with zero attached hydrogens (tertiary/aromatic N) is 4. The highest BCUT2D eigenvalue weighted by atomic mass is 19.4. The van der Waals surface area contributed by atoms with E-state index in [0.29, 0.717) is 25.7 Å². The summed E-state index contributed by atoms with van der Waals surface area (Å²) in [7, 11) is 0. The smallest absolute Gasteiger partial charge is 0.367 e. The molecule has 0 unspecified atom stereocenters. The van der Waals surface area contributed by atoms with Gasteiger partial charge in [-0.1, -0.05) is 38.8 Å². The molecular formula is C27H29F6N5O2. The van der Waals surface area contributed by atoms with Crippen LogP contribution < -0.4 is 10.2 Å². The zero-order valence-electron chi connectivity index (χ0n) is 21.9. The van der Waals surface area contributed by atoms with Gasteiger partial charge in [-0.3, -0.25) is 9.69 Å². The van der Waals surface area contributed by atoms with Crippen LogP contribution in [0.4, 0.5) is 42.5 Å². The molecule has 7 nitrogen and oxygen atoms in total. The van der Waals surface area contributed by atoms with E-state index in [1.807, 2.05) is 13.8 Å². The Bertz CT molecular complexity index is 1290. The largest absolute Gasteiger partial charge is 0.416 e. The number of anilines is 2. The number of alkyl halides is 6. The van der Waals surface area contributed by atoms with Crippen molar-refractivity contribution in [2.24, 2.45) is 10.4 Å². The van der Waals surface area contributed by atoms with Crippen LogP contribution in [0, 0.1) is 5.41 Å². The highest BCUT2D eigenvalue weighted by Gasteiger charge is 2.55. The predicted molar refractivity (Wildman–Crippen MR) is 137 cm³/mol. The molecule has 1 saturated heterocycles. The minimum Gasteiger partial charge on any atom is -0.367 e. The molecule has 0 aliphatic carbocycles. The Balaban J connectivity index is 1.68. The van der Waals surface area contributed by atoms with E-state index >= 15 is 0 Å². The number of hydrogen-bond donors (Lipinski definition) is 1. The highest BCUT2D eigenvalue weighted by Crippen LogP contribution is 2.41. The molecule has 2 aliphatic heterocycles. The van der Waals surface area contributed by atoms with E-state index in [2.05, 4.69) is 10.3 Å². The van der Waals surface area contributed by atoms with Crippen molar-refractivity contribution in [3.05, 3.63) is 59.7 Å². The van der Waals surface area contributed by atoms with Crippen LogP contribution in [0.5, 0.6) is 0 Å². The van der Waals surface area contributed by atoms with Gasteiger partial charge in [-0.15, -0.1) is 0 Å². The van der Waals surface area contributed by atoms with Gasteiger partial charge in [-0.05, 0) is 49.2 Å². The van der Waals surface area contributed by atoms with Crippen molar-refractivity contribution in [1.29, 1.82) is 0 Å². The molecule has 0 bridgehead atoms. The Labute approximate surface area is 227 Å². The topological polar surface area (TPSA) is 68.2 Å². The van der Waals surface area contributed by atoms with Gasteiger partial charge in [-0.25, -0.2) is 14.7 Å². The fourth-order valence-corrected chi connectivity index (χ4v) is 5.24. The second kappa shape index (κ2) is 11.0. The van der Waals surface area contributed by atoms with Crippen LogP contribution >= 0.6 is 0 Å². The Hall–Kier alpha value is -3.77. The maximum atomic E-state index is 13.9. The van der Waals surface area contributed by atoms with Gasteiger partial charge in [0.05, 0.1) is 17.8 Å². The average Bonchev–Trinajstić information content (AvgIpc) is 2.91. The normalized spacial score (nSPS) is 17.6. The van der Waals surface area contributed by atoms with Crippen LogP contribution in [-0.4, -0.2) is 47.6 Å². The van der Waals surface area contributed by atoms with Gasteiger partial charge >= 0.3 is 18.4 Å². The molecule has 0 spiro atoms. The van der Waals surface area contributed by atoms with E-state index in [4.69, 9.17) is 0 Å². The summed E-state index contributed by atoms with van der Waals surface area (Å²) in [6.07, 6.45) is -7.23. The van der Waals surface area contributed by atoms with Crippen molar-refractivity contribution in [3.63, 3.8) is 0 Å². The minimum absolute atomic E-state index is 0.0502. The molecule has 0 radical (unpaired) electrons. The number of rotatable bonds is 8. The number of halogens is 6. The maximum Gasteiger partial charge on any atom is 0.416 e. The average molecular weight is 570 g/mol. The molecule has 0 saturated carbocycles. The molecule has 1 N–H and O–H groups in total. The number of fused-ring (bicyclic) bond motifs is 1. The van der Waals surface area contributed by atoms with Crippen LogP contribution in [0.15, 0.2) is 53.5 Å². The zero-order chi connectivity index (χ0) is 29.3. The number of nitrogens with one attached hydrogen (secondary N) is 1. The van der Waals surface area contributed by atoms with Crippen molar-refractivity contribution < 1.29 is 35.9 Å². The van der Waals surface area contributed by atoms with Gasteiger partial charge in [0, 0.05) is 11.4 Å². The number of amides is 3. The molecule has 2 aliphatic rings. The van der Waals surface area contributed by atoms with Crippen molar-refractivity contribution in [1.82, 2.24) is 9.80 Å². The number of imide groups is 1. The van der Waals surface area contributed by atoms with Gasteiger partial charge in [0.15, 0.2) is 0 Å². The van der Waals surface area contributed by atoms with Gasteiger partial charge in [0.2, 0.25) is 5.91 Å². The van der Waals surface area contributed by atoms with E-state index < -0.39 is 47.5 Å². The lowest BCUT2D eigenvalue weighted by molar-refractivity contribution is -0.139. The standard InChI is InChI=1S/C27H29F6N5O2/c1-3-11-25(12-4-2)22-35-15-36(21-10-6-8-19(14-21)27(31,32)33)17-38(22)24(40)37(23(25)39)16-34-20-9-5-7-18(13-20)26(28,29)30/h5-10,13-14,34H,3-4,11-12,15-17H2,1-2H3. The third-order valence-electron chi connectivity index (χ3n) is 7.03. The first-order chi connectivity index (χ1) is 18.8. The maximum absolute atomic E-state index is 13.9. The van der Waals surface area contributed by atoms with Crippen molar-refractivity contribution >= 4 is 29.1 Å². The molecule has 3 amide bonds. The van der Waals surface area contributed by atoms with E-state index in [1.165, 1.54) is 34.1 Å². The van der Waals surface area contributed by atoms with Crippen molar-refractivity contribution in [3.8, 4) is 0 Å². The molecule has 13 heteroatoms. The Morgan fingerprint density at radius 2 is 1.50 bits per heavy atom. The van der Waals surface area contributed by atoms with Crippen molar-refractivity contribution in [2.45, 2.75) is 51.9 Å². The van der Waals surface area contributed by atoms with Crippen LogP contribution in [0.25, 0.3) is 0 Å². The van der Waals surface area contributed by atoms with Crippen LogP contribution in [0.3, 0.4) is 0 Å². The molecule has 2 heterocycles. The second-order valence-electron chi connectivity index (χ2n) is 9.79. The third kappa shape index (κ3) is 5.59. The fraction of sp³-hybridized carbons (Fsp3) is 0.444. The number of benzene rings is 2. The van der Waals surface area contributed by atoms with Crippen LogP contribution in [0.2, 0.25) is 0 Å². The van der Waals surface area contributed by atoms with Crippen LogP contribution in [0.1, 0.15) is 50.7 Å². The molecule has 40 heavy (non-hydrogen) atoms. The summed E-state index contributed by atoms with van der Waals surface area (Å²) in [4.78, 5) is 35.8. The summed E-state index contributed by atoms with van der Waals surface area (Å²) in [5, 5.41) is 2.75. The Morgan fingerprint density at radius 1 is 0.900 bits per heavy atom. The Kier molecular flexibility index (Phi) is 8.04. The summed E-state index contributed by atoms with van der Waals surface area (Å²) in [5.74, 6) is -0.243. The first-order valence-corrected chi connectivity index (χ1v) is 12.8. The molecule has 0 atom stereocenters. The van der Waals surface area contributed by atoms with E-state index in [0.717, 1.165) is 29.2 Å². The van der Waals surface area contributed by atoms with Gasteiger partial charge in [0.1, 0.15) is 24.6 Å². The number of carbonyl (C=O) groups excluding carboxylic acids is 2. The monoisotopic (exact) mass is 569 g/mol. The Morgan fingerprint density at radius 3 is 2.10 bits per heavy atom. The quantitative estimate of drug-likeness (QED) is 0.356. The van der Waals surface area contributed by atoms with E-state index in [-0.39, 0.29) is 30.5 Å². The van der Waals surface area contributed by atoms with Crippen LogP contribution in [-0.2, 0) is 17.1 Å². The summed E-state index contributed by atoms with van der Waals surface area (Å²) in [6.45, 7) is 3.17. The lowest BCUT2D eigenvalue weighted by Gasteiger charge is -2.50. The first kappa shape index (κ1) is 29.2. The number of amidine groups is 1. The van der Waals surface area contributed by atoms with E-state index in [9.17, 15) is 35.9 Å². The van der Waals surface area contributed by atoms with Gasteiger partial charge in [0.25, 0.3) is 0 Å². The summed E-state index contributed by atoms with van der Waals surface area (Å²) in [6, 6.07) is 8.30.